The summed E-state index contributed by atoms with van der Waals surface area (Å²) in [7, 11) is 0. The molecule has 0 unspecified atom stereocenters. The van der Waals surface area contributed by atoms with Crippen LogP contribution in [0.3, 0.4) is 0 Å². The molecule has 1 atom stereocenters. The molecule has 3 heterocycles. The Morgan fingerprint density at radius 3 is 2.92 bits per heavy atom. The van der Waals surface area contributed by atoms with E-state index < -0.39 is 0 Å². The van der Waals surface area contributed by atoms with Crippen LogP contribution in [0.2, 0.25) is 0 Å². The van der Waals surface area contributed by atoms with E-state index in [-0.39, 0.29) is 6.03 Å². The van der Waals surface area contributed by atoms with E-state index in [1.807, 2.05) is 11.0 Å². The Morgan fingerprint density at radius 2 is 2.29 bits per heavy atom. The summed E-state index contributed by atoms with van der Waals surface area (Å²) in [6, 6.07) is 3.94. The maximum atomic E-state index is 12.6. The predicted molar refractivity (Wildman–Crippen MR) is 86.8 cm³/mol. The van der Waals surface area contributed by atoms with Gasteiger partial charge in [-0.05, 0) is 31.4 Å². The third kappa shape index (κ3) is 3.38. The second-order valence-corrected chi connectivity index (χ2v) is 6.29. The van der Waals surface area contributed by atoms with Crippen LogP contribution in [0.1, 0.15) is 19.3 Å². The van der Waals surface area contributed by atoms with Crippen LogP contribution in [0.25, 0.3) is 5.82 Å². The highest BCUT2D eigenvalue weighted by Gasteiger charge is 2.34. The molecule has 2 aromatic rings. The largest absolute Gasteiger partial charge is 0.381 e. The minimum Gasteiger partial charge on any atom is -0.381 e. The Labute approximate surface area is 139 Å². The van der Waals surface area contributed by atoms with Crippen LogP contribution in [0, 0.1) is 5.92 Å². The number of nitrogens with one attached hydrogen (secondary N) is 1. The van der Waals surface area contributed by atoms with Crippen molar-refractivity contribution in [2.75, 3.05) is 25.1 Å². The van der Waals surface area contributed by atoms with Gasteiger partial charge >= 0.3 is 6.03 Å². The molecule has 4 rings (SSSR count). The molecule has 0 spiro atoms. The van der Waals surface area contributed by atoms with Gasteiger partial charge in [0.2, 0.25) is 0 Å². The van der Waals surface area contributed by atoms with Crippen molar-refractivity contribution >= 4 is 11.7 Å². The number of anilines is 1. The lowest BCUT2D eigenvalue weighted by Gasteiger charge is -2.25. The Hall–Kier alpha value is -2.48. The second-order valence-electron chi connectivity index (χ2n) is 6.29. The summed E-state index contributed by atoms with van der Waals surface area (Å²) in [5, 5.41) is 6.98. The number of rotatable bonds is 5. The maximum absolute atomic E-state index is 12.6. The second kappa shape index (κ2) is 6.56. The van der Waals surface area contributed by atoms with Crippen LogP contribution < -0.4 is 5.32 Å². The van der Waals surface area contributed by atoms with Crippen LogP contribution in [0.4, 0.5) is 10.5 Å². The molecule has 126 valence electrons. The van der Waals surface area contributed by atoms with Crippen molar-refractivity contribution in [1.82, 2.24) is 24.6 Å². The number of pyridine rings is 1. The Balaban J connectivity index is 1.40. The molecule has 8 heteroatoms. The fraction of sp³-hybridized carbons (Fsp3) is 0.500. The number of urea groups is 1. The summed E-state index contributed by atoms with van der Waals surface area (Å²) in [6.45, 7) is 2.32. The summed E-state index contributed by atoms with van der Waals surface area (Å²) in [4.78, 5) is 22.8. The van der Waals surface area contributed by atoms with Gasteiger partial charge < -0.3 is 15.0 Å². The van der Waals surface area contributed by atoms with Crippen molar-refractivity contribution < 1.29 is 9.53 Å². The number of hydrogen-bond donors (Lipinski definition) is 1. The van der Waals surface area contributed by atoms with E-state index in [9.17, 15) is 4.79 Å². The van der Waals surface area contributed by atoms with E-state index in [4.69, 9.17) is 4.74 Å². The Kier molecular flexibility index (Phi) is 4.12. The lowest BCUT2D eigenvalue weighted by atomic mass is 10.1. The highest BCUT2D eigenvalue weighted by molar-refractivity contribution is 5.89. The number of nitrogens with zero attached hydrogens (tertiary/aromatic N) is 5. The molecule has 0 radical (unpaired) electrons. The van der Waals surface area contributed by atoms with E-state index in [0.717, 1.165) is 39.0 Å². The van der Waals surface area contributed by atoms with Crippen LogP contribution >= 0.6 is 0 Å². The minimum atomic E-state index is -0.0558. The van der Waals surface area contributed by atoms with Crippen molar-refractivity contribution in [3.8, 4) is 5.82 Å². The molecule has 2 aliphatic rings. The average Bonchev–Trinajstić information content (AvgIpc) is 3.08. The summed E-state index contributed by atoms with van der Waals surface area (Å²) >= 11 is 0. The molecule has 0 aromatic carbocycles. The van der Waals surface area contributed by atoms with Crippen LogP contribution in [0.15, 0.2) is 31.0 Å². The van der Waals surface area contributed by atoms with Gasteiger partial charge in [-0.15, -0.1) is 0 Å². The van der Waals surface area contributed by atoms with Gasteiger partial charge in [0.05, 0.1) is 18.5 Å². The van der Waals surface area contributed by atoms with Crippen molar-refractivity contribution in [2.45, 2.75) is 25.3 Å². The van der Waals surface area contributed by atoms with Gasteiger partial charge in [-0.25, -0.2) is 19.4 Å². The van der Waals surface area contributed by atoms with Gasteiger partial charge in [-0.3, -0.25) is 0 Å². The average molecular weight is 328 g/mol. The van der Waals surface area contributed by atoms with Gasteiger partial charge in [-0.2, -0.15) is 5.10 Å². The lowest BCUT2D eigenvalue weighted by molar-refractivity contribution is 0.167. The smallest absolute Gasteiger partial charge is 0.322 e. The van der Waals surface area contributed by atoms with E-state index in [0.29, 0.717) is 23.5 Å². The summed E-state index contributed by atoms with van der Waals surface area (Å²) in [5.74, 6) is 1.11. The van der Waals surface area contributed by atoms with Gasteiger partial charge in [0, 0.05) is 25.1 Å². The standard InChI is InChI=1S/C16H20N6O2/c23-16(21(14-2-3-14)8-12-5-6-24-9-12)20-13-1-4-15(18-7-13)22-11-17-10-19-22/h1,4,7,10-12,14H,2-3,5-6,8-9H2,(H,20,23)/t12-/m0/s1. The van der Waals surface area contributed by atoms with Gasteiger partial charge in [0.25, 0.3) is 0 Å². The number of hydrogen-bond acceptors (Lipinski definition) is 5. The topological polar surface area (TPSA) is 85.2 Å². The van der Waals surface area contributed by atoms with E-state index in [1.54, 1.807) is 23.3 Å². The van der Waals surface area contributed by atoms with Crippen LogP contribution in [-0.2, 0) is 4.74 Å². The molecular formula is C16H20N6O2. The molecular weight excluding hydrogens is 308 g/mol. The third-order valence-corrected chi connectivity index (χ3v) is 4.38. The van der Waals surface area contributed by atoms with Crippen LogP contribution in [-0.4, -0.2) is 56.5 Å². The zero-order valence-electron chi connectivity index (χ0n) is 13.3. The molecule has 2 amide bonds. The number of aromatic nitrogens is 4. The summed E-state index contributed by atoms with van der Waals surface area (Å²) < 4.78 is 6.99. The van der Waals surface area contributed by atoms with E-state index >= 15 is 0 Å². The van der Waals surface area contributed by atoms with Crippen molar-refractivity contribution in [3.05, 3.63) is 31.0 Å². The number of carbonyl (C=O) groups excluding carboxylic acids is 1. The van der Waals surface area contributed by atoms with Crippen LogP contribution in [0.5, 0.6) is 0 Å². The van der Waals surface area contributed by atoms with Crippen molar-refractivity contribution in [3.63, 3.8) is 0 Å². The molecule has 8 nitrogen and oxygen atoms in total. The van der Waals surface area contributed by atoms with Gasteiger partial charge in [0.15, 0.2) is 5.82 Å². The van der Waals surface area contributed by atoms with E-state index in [2.05, 4.69) is 20.4 Å². The first-order valence-corrected chi connectivity index (χ1v) is 8.26. The normalized spacial score (nSPS) is 20.1. The first-order valence-electron chi connectivity index (χ1n) is 8.26. The Bertz CT molecular complexity index is 677. The molecule has 0 bridgehead atoms. The molecule has 2 fully saturated rings. The molecule has 1 aliphatic carbocycles. The minimum absolute atomic E-state index is 0.0558. The first-order chi connectivity index (χ1) is 11.8. The molecule has 1 N–H and O–H groups in total. The van der Waals surface area contributed by atoms with E-state index in [1.165, 1.54) is 6.33 Å². The van der Waals surface area contributed by atoms with Crippen molar-refractivity contribution in [1.29, 1.82) is 0 Å². The lowest BCUT2D eigenvalue weighted by Crippen LogP contribution is -2.40. The number of ether oxygens (including phenoxy) is 1. The molecule has 1 saturated carbocycles. The number of carbonyl (C=O) groups is 1. The Morgan fingerprint density at radius 1 is 1.38 bits per heavy atom. The molecule has 1 saturated heterocycles. The SMILES string of the molecule is O=C(Nc1ccc(-n2cncn2)nc1)N(C[C@@H]1CCOC1)C1CC1. The van der Waals surface area contributed by atoms with Gasteiger partial charge in [0.1, 0.15) is 12.7 Å². The van der Waals surface area contributed by atoms with Gasteiger partial charge in [-0.1, -0.05) is 0 Å². The highest BCUT2D eigenvalue weighted by Crippen LogP contribution is 2.29. The monoisotopic (exact) mass is 328 g/mol. The van der Waals surface area contributed by atoms with Crippen molar-refractivity contribution in [2.24, 2.45) is 5.92 Å². The zero-order valence-corrected chi connectivity index (χ0v) is 13.3. The summed E-state index contributed by atoms with van der Waals surface area (Å²) in [6.07, 6.45) is 7.88. The quantitative estimate of drug-likeness (QED) is 0.903. The third-order valence-electron chi connectivity index (χ3n) is 4.38. The molecule has 24 heavy (non-hydrogen) atoms. The zero-order chi connectivity index (χ0) is 16.4. The highest BCUT2D eigenvalue weighted by atomic mass is 16.5. The predicted octanol–water partition coefficient (Wildman–Crippen LogP) is 1.70. The molecule has 1 aliphatic heterocycles. The maximum Gasteiger partial charge on any atom is 0.322 e. The molecule has 2 aromatic heterocycles. The number of amides is 2. The fourth-order valence-corrected chi connectivity index (χ4v) is 2.91. The summed E-state index contributed by atoms with van der Waals surface area (Å²) in [5.41, 5.74) is 0.678. The first kappa shape index (κ1) is 15.1. The fourth-order valence-electron chi connectivity index (χ4n) is 2.91.